The molecule has 58 heavy (non-hydrogen) atoms. The molecule has 4 heteroatoms. The van der Waals surface area contributed by atoms with Gasteiger partial charge in [-0.1, -0.05) is 140 Å². The Balaban J connectivity index is 1.01. The molecule has 12 rings (SSSR count). The van der Waals surface area contributed by atoms with Gasteiger partial charge >= 0.3 is 0 Å². The van der Waals surface area contributed by atoms with Crippen molar-refractivity contribution in [3.63, 3.8) is 0 Å². The molecule has 0 bridgehead atoms. The minimum Gasteiger partial charge on any atom is -0.454 e. The summed E-state index contributed by atoms with van der Waals surface area (Å²) >= 11 is 0. The topological polar surface area (TPSA) is 34.5 Å². The number of anilines is 3. The van der Waals surface area contributed by atoms with Crippen molar-refractivity contribution >= 4 is 82.7 Å². The van der Waals surface area contributed by atoms with Gasteiger partial charge in [-0.25, -0.2) is 0 Å². The molecule has 0 saturated carbocycles. The van der Waals surface area contributed by atoms with E-state index in [1.54, 1.807) is 0 Å². The Labute approximate surface area is 334 Å². The second-order valence-corrected chi connectivity index (χ2v) is 14.9. The van der Waals surface area contributed by atoms with Gasteiger partial charge in [0.1, 0.15) is 11.2 Å². The van der Waals surface area contributed by atoms with E-state index in [9.17, 15) is 0 Å². The minimum absolute atomic E-state index is 0.851. The van der Waals surface area contributed by atoms with Gasteiger partial charge in [-0.05, 0) is 99.8 Å². The predicted molar refractivity (Wildman–Crippen MR) is 241 cm³/mol. The summed E-state index contributed by atoms with van der Waals surface area (Å²) in [5.41, 5.74) is 13.3. The van der Waals surface area contributed by atoms with Gasteiger partial charge in [0.25, 0.3) is 0 Å². The van der Waals surface area contributed by atoms with Gasteiger partial charge in [-0.2, -0.15) is 0 Å². The fourth-order valence-corrected chi connectivity index (χ4v) is 8.90. The highest BCUT2D eigenvalue weighted by molar-refractivity contribution is 6.23. The van der Waals surface area contributed by atoms with E-state index in [0.29, 0.717) is 0 Å². The van der Waals surface area contributed by atoms with Crippen molar-refractivity contribution in [3.05, 3.63) is 206 Å². The lowest BCUT2D eigenvalue weighted by atomic mass is 9.98. The van der Waals surface area contributed by atoms with E-state index in [2.05, 4.69) is 198 Å². The molecule has 0 N–H and O–H groups in total. The standard InChI is InChI=1S/C54H34N2O2/c1-2-14-40(15-3-1)56-47-20-8-6-17-46(47)52-51-43(18-11-23-50(51)58-54(52)56)37-28-32-42(33-29-37)55(48-21-10-19-45-44-16-7-9-22-49(44)57-53(45)48)41-30-26-36(27-31-41)39-25-24-35-12-4-5-13-38(35)34-39/h1-34H. The van der Waals surface area contributed by atoms with Gasteiger partial charge in [-0.3, -0.25) is 4.57 Å². The van der Waals surface area contributed by atoms with Crippen molar-refractivity contribution in [2.24, 2.45) is 0 Å². The smallest absolute Gasteiger partial charge is 0.213 e. The second kappa shape index (κ2) is 12.9. The average molecular weight is 743 g/mol. The van der Waals surface area contributed by atoms with E-state index in [0.717, 1.165) is 83.4 Å². The average Bonchev–Trinajstić information content (AvgIpc) is 3.96. The molecule has 0 aliphatic carbocycles. The highest BCUT2D eigenvalue weighted by atomic mass is 16.3. The third-order valence-corrected chi connectivity index (χ3v) is 11.6. The Morgan fingerprint density at radius 1 is 0.397 bits per heavy atom. The van der Waals surface area contributed by atoms with Gasteiger partial charge < -0.3 is 13.7 Å². The Bertz CT molecular complexity index is 3500. The van der Waals surface area contributed by atoms with Crippen molar-refractivity contribution < 1.29 is 8.83 Å². The van der Waals surface area contributed by atoms with Crippen LogP contribution in [0.4, 0.5) is 17.1 Å². The molecular formula is C54H34N2O2. The summed E-state index contributed by atoms with van der Waals surface area (Å²) in [6.07, 6.45) is 0. The second-order valence-electron chi connectivity index (χ2n) is 14.9. The van der Waals surface area contributed by atoms with Crippen molar-refractivity contribution in [3.8, 4) is 27.9 Å². The molecule has 3 heterocycles. The van der Waals surface area contributed by atoms with Crippen LogP contribution in [0.15, 0.2) is 215 Å². The lowest BCUT2D eigenvalue weighted by Crippen LogP contribution is -2.10. The molecule has 12 aromatic rings. The number of furan rings is 2. The molecule has 9 aromatic carbocycles. The van der Waals surface area contributed by atoms with Crippen LogP contribution in [0, 0.1) is 0 Å². The van der Waals surface area contributed by atoms with Gasteiger partial charge in [0.15, 0.2) is 5.58 Å². The van der Waals surface area contributed by atoms with E-state index in [1.807, 2.05) is 18.2 Å². The Kier molecular flexibility index (Phi) is 7.20. The molecule has 0 aliphatic rings. The van der Waals surface area contributed by atoms with Gasteiger partial charge in [0.05, 0.1) is 16.6 Å². The Hall–Kier alpha value is -7.82. The van der Waals surface area contributed by atoms with Crippen molar-refractivity contribution in [2.45, 2.75) is 0 Å². The number of benzene rings is 9. The van der Waals surface area contributed by atoms with E-state index in [1.165, 1.54) is 27.3 Å². The number of aromatic nitrogens is 1. The molecule has 0 unspecified atom stereocenters. The summed E-state index contributed by atoms with van der Waals surface area (Å²) in [6, 6.07) is 73.1. The fourth-order valence-electron chi connectivity index (χ4n) is 8.90. The molecule has 0 saturated heterocycles. The highest BCUT2D eigenvalue weighted by Gasteiger charge is 2.23. The van der Waals surface area contributed by atoms with Crippen LogP contribution in [0.5, 0.6) is 0 Å². The zero-order valence-electron chi connectivity index (χ0n) is 31.3. The largest absolute Gasteiger partial charge is 0.454 e. The van der Waals surface area contributed by atoms with Crippen LogP contribution in [-0.4, -0.2) is 4.57 Å². The third-order valence-electron chi connectivity index (χ3n) is 11.6. The summed E-state index contributed by atoms with van der Waals surface area (Å²) in [4.78, 5) is 2.31. The first-order valence-electron chi connectivity index (χ1n) is 19.7. The van der Waals surface area contributed by atoms with Crippen LogP contribution >= 0.6 is 0 Å². The van der Waals surface area contributed by atoms with E-state index < -0.39 is 0 Å². The normalized spacial score (nSPS) is 11.8. The van der Waals surface area contributed by atoms with E-state index in [-0.39, 0.29) is 0 Å². The summed E-state index contributed by atoms with van der Waals surface area (Å²) < 4.78 is 15.6. The molecule has 0 spiro atoms. The van der Waals surface area contributed by atoms with Crippen molar-refractivity contribution in [1.29, 1.82) is 0 Å². The maximum absolute atomic E-state index is 6.74. The molecular weight excluding hydrogens is 709 g/mol. The summed E-state index contributed by atoms with van der Waals surface area (Å²) in [7, 11) is 0. The van der Waals surface area contributed by atoms with Crippen LogP contribution in [0.2, 0.25) is 0 Å². The fraction of sp³-hybridized carbons (Fsp3) is 0. The summed E-state index contributed by atoms with van der Waals surface area (Å²) in [6.45, 7) is 0. The van der Waals surface area contributed by atoms with Crippen LogP contribution < -0.4 is 4.90 Å². The Morgan fingerprint density at radius 2 is 1.03 bits per heavy atom. The van der Waals surface area contributed by atoms with Crippen LogP contribution in [0.1, 0.15) is 0 Å². The number of para-hydroxylation sites is 4. The van der Waals surface area contributed by atoms with Crippen molar-refractivity contribution in [1.82, 2.24) is 4.57 Å². The van der Waals surface area contributed by atoms with Crippen LogP contribution in [0.3, 0.4) is 0 Å². The molecule has 272 valence electrons. The molecule has 0 atom stereocenters. The number of rotatable bonds is 6. The number of hydrogen-bond acceptors (Lipinski definition) is 3. The van der Waals surface area contributed by atoms with Crippen LogP contribution in [-0.2, 0) is 0 Å². The number of fused-ring (bicyclic) bond motifs is 9. The zero-order chi connectivity index (χ0) is 38.2. The lowest BCUT2D eigenvalue weighted by Gasteiger charge is -2.26. The van der Waals surface area contributed by atoms with Crippen molar-refractivity contribution in [2.75, 3.05) is 4.90 Å². The minimum atomic E-state index is 0.851. The zero-order valence-corrected chi connectivity index (χ0v) is 31.3. The molecule has 3 aromatic heterocycles. The lowest BCUT2D eigenvalue weighted by molar-refractivity contribution is 0.645. The quantitative estimate of drug-likeness (QED) is 0.170. The first kappa shape index (κ1) is 32.4. The molecule has 0 aliphatic heterocycles. The molecule has 0 amide bonds. The third kappa shape index (κ3) is 5.02. The molecule has 0 radical (unpaired) electrons. The Morgan fingerprint density at radius 3 is 1.86 bits per heavy atom. The van der Waals surface area contributed by atoms with Crippen LogP contribution in [0.25, 0.3) is 93.6 Å². The first-order valence-corrected chi connectivity index (χ1v) is 19.7. The predicted octanol–water partition coefficient (Wildman–Crippen LogP) is 15.4. The first-order chi connectivity index (χ1) is 28.8. The monoisotopic (exact) mass is 742 g/mol. The molecule has 0 fully saturated rings. The molecule has 4 nitrogen and oxygen atoms in total. The highest BCUT2D eigenvalue weighted by Crippen LogP contribution is 2.45. The summed E-state index contributed by atoms with van der Waals surface area (Å²) in [5.74, 6) is 0. The van der Waals surface area contributed by atoms with Gasteiger partial charge in [0, 0.05) is 38.6 Å². The SMILES string of the molecule is c1ccc(-n2c3ccccc3c3c4c(-c5ccc(N(c6ccc(-c7ccc8ccccc8c7)cc6)c6cccc7c6oc6ccccc67)cc5)cccc4oc32)cc1. The maximum Gasteiger partial charge on any atom is 0.213 e. The number of hydrogen-bond donors (Lipinski definition) is 0. The maximum atomic E-state index is 6.74. The van der Waals surface area contributed by atoms with E-state index in [4.69, 9.17) is 8.83 Å². The van der Waals surface area contributed by atoms with E-state index >= 15 is 0 Å². The summed E-state index contributed by atoms with van der Waals surface area (Å²) in [5, 5.41) is 8.08. The van der Waals surface area contributed by atoms with Gasteiger partial charge in [-0.15, -0.1) is 0 Å². The number of nitrogens with zero attached hydrogens (tertiary/aromatic N) is 2. The van der Waals surface area contributed by atoms with Gasteiger partial charge in [0.2, 0.25) is 5.71 Å².